The molecule has 0 bridgehead atoms. The zero-order valence-corrected chi connectivity index (χ0v) is 21.3. The summed E-state index contributed by atoms with van der Waals surface area (Å²) in [6.45, 7) is 4.59. The third kappa shape index (κ3) is 4.27. The van der Waals surface area contributed by atoms with Crippen molar-refractivity contribution in [1.82, 2.24) is 0 Å². The van der Waals surface area contributed by atoms with Gasteiger partial charge in [-0.15, -0.1) is 0 Å². The monoisotopic (exact) mass is 462 g/mol. The number of fused-ring (bicyclic) bond motifs is 4. The lowest BCUT2D eigenvalue weighted by atomic mass is 9.70. The molecule has 1 nitrogen and oxygen atoms in total. The van der Waals surface area contributed by atoms with Crippen LogP contribution in [0, 0.1) is 0 Å². The summed E-state index contributed by atoms with van der Waals surface area (Å²) in [4.78, 5) is 0. The second kappa shape index (κ2) is 10.3. The second-order valence-electron chi connectivity index (χ2n) is 10.3. The fraction of sp³-hybridized carbons (Fsp3) is 0.353. The highest BCUT2D eigenvalue weighted by Crippen LogP contribution is 2.55. The smallest absolute Gasteiger partial charge is 0.124 e. The van der Waals surface area contributed by atoms with Crippen LogP contribution in [0.5, 0.6) is 5.75 Å². The SMILES string of the molecule is CCCCCCC1(CCCCC)c2ccccc2-c2ccc(-c3c(O)ccc4ccccc34)cc21. The van der Waals surface area contributed by atoms with Crippen LogP contribution in [0.4, 0.5) is 0 Å². The number of rotatable bonds is 10. The number of unbranched alkanes of at least 4 members (excludes halogenated alkanes) is 5. The van der Waals surface area contributed by atoms with Crippen molar-refractivity contribution in [3.8, 4) is 28.0 Å². The molecule has 1 heteroatoms. The highest BCUT2D eigenvalue weighted by Gasteiger charge is 2.42. The summed E-state index contributed by atoms with van der Waals surface area (Å²) in [5.41, 5.74) is 7.91. The molecule has 0 saturated carbocycles. The minimum Gasteiger partial charge on any atom is -0.507 e. The molecule has 5 rings (SSSR count). The van der Waals surface area contributed by atoms with Crippen molar-refractivity contribution >= 4 is 10.8 Å². The zero-order valence-electron chi connectivity index (χ0n) is 21.3. The Morgan fingerprint density at radius 1 is 0.629 bits per heavy atom. The lowest BCUT2D eigenvalue weighted by molar-refractivity contribution is 0.403. The van der Waals surface area contributed by atoms with Crippen molar-refractivity contribution in [2.75, 3.05) is 0 Å². The highest BCUT2D eigenvalue weighted by atomic mass is 16.3. The molecule has 4 aromatic rings. The molecule has 1 unspecified atom stereocenters. The number of phenolic OH excluding ortho intramolecular Hbond substituents is 1. The van der Waals surface area contributed by atoms with E-state index in [1.165, 1.54) is 80.0 Å². The van der Waals surface area contributed by atoms with Crippen molar-refractivity contribution in [2.45, 2.75) is 77.0 Å². The quantitative estimate of drug-likeness (QED) is 0.232. The van der Waals surface area contributed by atoms with Gasteiger partial charge in [0.2, 0.25) is 0 Å². The van der Waals surface area contributed by atoms with E-state index in [2.05, 4.69) is 80.6 Å². The van der Waals surface area contributed by atoms with Gasteiger partial charge < -0.3 is 5.11 Å². The molecule has 0 aromatic heterocycles. The molecule has 35 heavy (non-hydrogen) atoms. The first-order valence-corrected chi connectivity index (χ1v) is 13.6. The number of aromatic hydroxyl groups is 1. The number of benzene rings is 4. The lowest BCUT2D eigenvalue weighted by Crippen LogP contribution is -2.25. The average Bonchev–Trinajstić information content (AvgIpc) is 3.16. The Hall–Kier alpha value is -3.06. The topological polar surface area (TPSA) is 20.2 Å². The summed E-state index contributed by atoms with van der Waals surface area (Å²) in [6, 6.07) is 28.3. The van der Waals surface area contributed by atoms with Gasteiger partial charge >= 0.3 is 0 Å². The van der Waals surface area contributed by atoms with Gasteiger partial charge in [-0.25, -0.2) is 0 Å². The molecular weight excluding hydrogens is 424 g/mol. The van der Waals surface area contributed by atoms with Crippen LogP contribution in [-0.2, 0) is 5.41 Å². The Balaban J connectivity index is 1.68. The van der Waals surface area contributed by atoms with Gasteiger partial charge in [-0.1, -0.05) is 126 Å². The molecule has 0 spiro atoms. The summed E-state index contributed by atoms with van der Waals surface area (Å²) < 4.78 is 0. The van der Waals surface area contributed by atoms with Crippen LogP contribution in [0.15, 0.2) is 78.9 Å². The van der Waals surface area contributed by atoms with Gasteiger partial charge in [0.15, 0.2) is 0 Å². The van der Waals surface area contributed by atoms with Gasteiger partial charge in [-0.05, 0) is 63.6 Å². The maximum atomic E-state index is 11.0. The van der Waals surface area contributed by atoms with Crippen LogP contribution >= 0.6 is 0 Å². The summed E-state index contributed by atoms with van der Waals surface area (Å²) in [5.74, 6) is 0.360. The minimum atomic E-state index is 0.0606. The van der Waals surface area contributed by atoms with E-state index in [1.54, 1.807) is 0 Å². The molecule has 0 aliphatic heterocycles. The van der Waals surface area contributed by atoms with Crippen LogP contribution in [0.2, 0.25) is 0 Å². The predicted octanol–water partition coefficient (Wildman–Crippen LogP) is 10.0. The van der Waals surface area contributed by atoms with E-state index in [1.807, 2.05) is 12.1 Å². The van der Waals surface area contributed by atoms with E-state index in [0.717, 1.165) is 21.9 Å². The van der Waals surface area contributed by atoms with Crippen molar-refractivity contribution < 1.29 is 5.11 Å². The molecule has 1 N–H and O–H groups in total. The Morgan fingerprint density at radius 2 is 1.31 bits per heavy atom. The van der Waals surface area contributed by atoms with Crippen LogP contribution in [0.1, 0.15) is 82.8 Å². The molecule has 0 fully saturated rings. The van der Waals surface area contributed by atoms with E-state index in [-0.39, 0.29) is 5.41 Å². The minimum absolute atomic E-state index is 0.0606. The van der Waals surface area contributed by atoms with Gasteiger partial charge in [0, 0.05) is 11.0 Å². The van der Waals surface area contributed by atoms with Crippen LogP contribution in [0.25, 0.3) is 33.0 Å². The van der Waals surface area contributed by atoms with E-state index in [4.69, 9.17) is 0 Å². The van der Waals surface area contributed by atoms with Crippen molar-refractivity contribution in [3.05, 3.63) is 90.0 Å². The average molecular weight is 463 g/mol. The first kappa shape index (κ1) is 23.7. The molecule has 0 amide bonds. The summed E-state index contributed by atoms with van der Waals surface area (Å²) >= 11 is 0. The van der Waals surface area contributed by atoms with Gasteiger partial charge in [0.05, 0.1) is 0 Å². The maximum Gasteiger partial charge on any atom is 0.124 e. The zero-order chi connectivity index (χ0) is 24.3. The summed E-state index contributed by atoms with van der Waals surface area (Å²) in [5, 5.41) is 13.3. The van der Waals surface area contributed by atoms with Crippen LogP contribution < -0.4 is 0 Å². The molecule has 1 atom stereocenters. The third-order valence-electron chi connectivity index (χ3n) is 8.13. The van der Waals surface area contributed by atoms with Crippen molar-refractivity contribution in [3.63, 3.8) is 0 Å². The third-order valence-corrected chi connectivity index (χ3v) is 8.13. The molecule has 0 heterocycles. The maximum absolute atomic E-state index is 11.0. The van der Waals surface area contributed by atoms with Gasteiger partial charge in [-0.2, -0.15) is 0 Å². The normalized spacial score (nSPS) is 16.4. The Kier molecular flexibility index (Phi) is 6.95. The Labute approximate surface area is 210 Å². The molecular formula is C34H38O. The van der Waals surface area contributed by atoms with Crippen molar-refractivity contribution in [2.24, 2.45) is 0 Å². The number of hydrogen-bond acceptors (Lipinski definition) is 1. The van der Waals surface area contributed by atoms with E-state index in [9.17, 15) is 5.11 Å². The van der Waals surface area contributed by atoms with Crippen LogP contribution in [-0.4, -0.2) is 5.11 Å². The molecule has 0 radical (unpaired) electrons. The van der Waals surface area contributed by atoms with E-state index < -0.39 is 0 Å². The van der Waals surface area contributed by atoms with E-state index >= 15 is 0 Å². The van der Waals surface area contributed by atoms with Gasteiger partial charge in [0.25, 0.3) is 0 Å². The predicted molar refractivity (Wildman–Crippen MR) is 150 cm³/mol. The Bertz CT molecular complexity index is 1320. The Morgan fingerprint density at radius 3 is 2.14 bits per heavy atom. The second-order valence-corrected chi connectivity index (χ2v) is 10.3. The van der Waals surface area contributed by atoms with Crippen LogP contribution in [0.3, 0.4) is 0 Å². The summed E-state index contributed by atoms with van der Waals surface area (Å²) in [6.07, 6.45) is 11.3. The number of hydrogen-bond donors (Lipinski definition) is 1. The highest BCUT2D eigenvalue weighted by molar-refractivity contribution is 6.00. The summed E-state index contributed by atoms with van der Waals surface area (Å²) in [7, 11) is 0. The fourth-order valence-corrected chi connectivity index (χ4v) is 6.37. The fourth-order valence-electron chi connectivity index (χ4n) is 6.37. The largest absolute Gasteiger partial charge is 0.507 e. The number of phenols is 1. The van der Waals surface area contributed by atoms with Gasteiger partial charge in [0.1, 0.15) is 5.75 Å². The lowest BCUT2D eigenvalue weighted by Gasteiger charge is -2.33. The molecule has 1 aliphatic carbocycles. The molecule has 1 aliphatic rings. The first-order chi connectivity index (χ1) is 17.2. The first-order valence-electron chi connectivity index (χ1n) is 13.6. The molecule has 0 saturated heterocycles. The molecule has 180 valence electrons. The van der Waals surface area contributed by atoms with Crippen molar-refractivity contribution in [1.29, 1.82) is 0 Å². The van der Waals surface area contributed by atoms with E-state index in [0.29, 0.717) is 5.75 Å². The van der Waals surface area contributed by atoms with Gasteiger partial charge in [-0.3, -0.25) is 0 Å². The molecule has 4 aromatic carbocycles. The standard InChI is InChI=1S/C34H38O/c1-3-5-7-13-23-34(22-12-6-4-2)30-17-11-10-16-28(30)29-20-18-26(24-31(29)34)33-27-15-9-8-14-25(27)19-21-32(33)35/h8-11,14-21,24,35H,3-7,12-13,22-23H2,1-2H3.